The minimum absolute atomic E-state index is 0.591. The molecule has 0 aliphatic heterocycles. The van der Waals surface area contributed by atoms with Gasteiger partial charge in [0.05, 0.1) is 62.1 Å². The predicted octanol–water partition coefficient (Wildman–Crippen LogP) is 12.4. The summed E-state index contributed by atoms with van der Waals surface area (Å²) in [6.07, 6.45) is 0. The Morgan fingerprint density at radius 3 is 1.51 bits per heavy atom. The monoisotopic (exact) mass is 699 g/mol. The fourth-order valence-electron chi connectivity index (χ4n) is 8.87. The van der Waals surface area contributed by atoms with Gasteiger partial charge in [-0.2, -0.15) is 10.5 Å². The van der Waals surface area contributed by atoms with Gasteiger partial charge in [-0.1, -0.05) is 103 Å². The van der Waals surface area contributed by atoms with Crippen LogP contribution < -0.4 is 0 Å². The van der Waals surface area contributed by atoms with E-state index in [1.807, 2.05) is 36.4 Å². The van der Waals surface area contributed by atoms with Crippen LogP contribution in [0.25, 0.3) is 93.6 Å². The van der Waals surface area contributed by atoms with Crippen LogP contribution in [0.4, 0.5) is 0 Å². The van der Waals surface area contributed by atoms with E-state index >= 15 is 0 Å². The lowest BCUT2D eigenvalue weighted by atomic mass is 9.97. The molecular weight excluding hydrogens is 671 g/mol. The highest BCUT2D eigenvalue weighted by Crippen LogP contribution is 2.41. The minimum Gasteiger partial charge on any atom is -0.309 e. The largest absolute Gasteiger partial charge is 0.309 e. The van der Waals surface area contributed by atoms with E-state index in [2.05, 4.69) is 165 Å². The molecule has 0 radical (unpaired) electrons. The topological polar surface area (TPSA) is 62.4 Å². The molecule has 11 rings (SSSR count). The van der Waals surface area contributed by atoms with E-state index in [9.17, 15) is 10.5 Å². The summed E-state index contributed by atoms with van der Waals surface area (Å²) in [5, 5.41) is 27.4. The Labute approximate surface area is 316 Å². The summed E-state index contributed by atoms with van der Waals surface area (Å²) in [5.41, 5.74) is 12.4. The quantitative estimate of drug-likeness (QED) is 0.184. The Balaban J connectivity index is 1.18. The van der Waals surface area contributed by atoms with Crippen molar-refractivity contribution in [1.29, 1.82) is 10.5 Å². The number of aromatic nitrogens is 3. The third-order valence-corrected chi connectivity index (χ3v) is 11.1. The maximum atomic E-state index is 10.7. The molecule has 3 heterocycles. The molecule has 0 atom stereocenters. The third-order valence-electron chi connectivity index (χ3n) is 11.1. The molecule has 8 aromatic carbocycles. The molecule has 0 fully saturated rings. The molecule has 0 saturated carbocycles. The van der Waals surface area contributed by atoms with E-state index in [4.69, 9.17) is 0 Å². The lowest BCUT2D eigenvalue weighted by Crippen LogP contribution is -2.01. The molecule has 0 N–H and O–H groups in total. The molecule has 11 aromatic rings. The molecule has 0 aliphatic carbocycles. The van der Waals surface area contributed by atoms with Crippen molar-refractivity contribution in [3.63, 3.8) is 0 Å². The van der Waals surface area contributed by atoms with E-state index < -0.39 is 0 Å². The van der Waals surface area contributed by atoms with Crippen molar-refractivity contribution >= 4 is 65.4 Å². The van der Waals surface area contributed by atoms with Gasteiger partial charge in [0.25, 0.3) is 0 Å². The molecule has 0 saturated heterocycles. The van der Waals surface area contributed by atoms with Gasteiger partial charge >= 0.3 is 0 Å². The van der Waals surface area contributed by atoms with Crippen molar-refractivity contribution < 1.29 is 0 Å². The summed E-state index contributed by atoms with van der Waals surface area (Å²) in [7, 11) is 0. The van der Waals surface area contributed by atoms with E-state index in [1.54, 1.807) is 0 Å². The average molecular weight is 700 g/mol. The number of para-hydroxylation sites is 4. The number of nitrogens with zero attached hydrogens (tertiary/aromatic N) is 5. The molecular formula is C50H29N5. The Hall–Kier alpha value is -7.86. The smallest absolute Gasteiger partial charge is 0.0998 e. The lowest BCUT2D eigenvalue weighted by molar-refractivity contribution is 1.15. The standard InChI is InChI=1S/C50H29N5/c51-30-33-13-10-24-46(49(33)32-12-9-15-35(28-32)54-45-23-8-4-19-41(45)50-34(31-52)14-11-25-47(50)54)55-44-22-7-3-18-39(44)40-27-26-36(29-48(40)55)53-42-20-5-1-16-37(42)38-17-2-6-21-43(38)53/h1-29H. The number of hydrogen-bond acceptors (Lipinski definition) is 2. The number of nitriles is 2. The highest BCUT2D eigenvalue weighted by atomic mass is 15.0. The van der Waals surface area contributed by atoms with Gasteiger partial charge in [-0.05, 0) is 78.4 Å². The molecule has 3 aromatic heterocycles. The molecule has 0 aliphatic rings. The first-order chi connectivity index (χ1) is 27.2. The van der Waals surface area contributed by atoms with E-state index in [-0.39, 0.29) is 0 Å². The van der Waals surface area contributed by atoms with Crippen LogP contribution in [0.3, 0.4) is 0 Å². The first-order valence-electron chi connectivity index (χ1n) is 18.3. The van der Waals surface area contributed by atoms with Gasteiger partial charge in [-0.3, -0.25) is 0 Å². The summed E-state index contributed by atoms with van der Waals surface area (Å²) in [6, 6.07) is 65.9. The maximum absolute atomic E-state index is 10.7. The van der Waals surface area contributed by atoms with Crippen molar-refractivity contribution in [2.75, 3.05) is 0 Å². The zero-order chi connectivity index (χ0) is 36.6. The summed E-state index contributed by atoms with van der Waals surface area (Å²) >= 11 is 0. The maximum Gasteiger partial charge on any atom is 0.0998 e. The second-order valence-electron chi connectivity index (χ2n) is 13.9. The van der Waals surface area contributed by atoms with E-state index in [1.165, 1.54) is 10.8 Å². The third kappa shape index (κ3) is 4.39. The molecule has 5 nitrogen and oxygen atoms in total. The lowest BCUT2D eigenvalue weighted by Gasteiger charge is -2.17. The van der Waals surface area contributed by atoms with E-state index in [0.717, 1.165) is 82.8 Å². The zero-order valence-electron chi connectivity index (χ0n) is 29.5. The molecule has 55 heavy (non-hydrogen) atoms. The van der Waals surface area contributed by atoms with Crippen molar-refractivity contribution in [3.05, 3.63) is 187 Å². The van der Waals surface area contributed by atoms with Gasteiger partial charge in [-0.15, -0.1) is 0 Å². The van der Waals surface area contributed by atoms with Crippen LogP contribution in [0.2, 0.25) is 0 Å². The van der Waals surface area contributed by atoms with Crippen molar-refractivity contribution in [2.24, 2.45) is 0 Å². The number of hydrogen-bond donors (Lipinski definition) is 0. The zero-order valence-corrected chi connectivity index (χ0v) is 29.5. The molecule has 0 unspecified atom stereocenters. The van der Waals surface area contributed by atoms with Crippen LogP contribution in [0, 0.1) is 22.7 Å². The average Bonchev–Trinajstić information content (AvgIpc) is 3.89. The van der Waals surface area contributed by atoms with Crippen LogP contribution in [0.5, 0.6) is 0 Å². The number of benzene rings is 8. The Morgan fingerprint density at radius 2 is 0.836 bits per heavy atom. The summed E-state index contributed by atoms with van der Waals surface area (Å²) < 4.78 is 6.90. The summed E-state index contributed by atoms with van der Waals surface area (Å²) in [6.45, 7) is 0. The van der Waals surface area contributed by atoms with Crippen LogP contribution >= 0.6 is 0 Å². The number of fused-ring (bicyclic) bond motifs is 9. The van der Waals surface area contributed by atoms with E-state index in [0.29, 0.717) is 11.1 Å². The summed E-state index contributed by atoms with van der Waals surface area (Å²) in [5.74, 6) is 0. The van der Waals surface area contributed by atoms with Crippen LogP contribution in [0.1, 0.15) is 11.1 Å². The SMILES string of the molecule is N#Cc1cccc(-n2c3ccccc3c3ccc(-n4c5ccccc5c5ccccc54)cc32)c1-c1cccc(-n2c3ccccc3c3c(C#N)cccc32)c1. The molecule has 0 amide bonds. The molecule has 0 bridgehead atoms. The molecule has 0 spiro atoms. The van der Waals surface area contributed by atoms with Crippen molar-refractivity contribution in [3.8, 4) is 40.3 Å². The number of rotatable bonds is 4. The first-order valence-corrected chi connectivity index (χ1v) is 18.3. The Morgan fingerprint density at radius 1 is 0.345 bits per heavy atom. The fourth-order valence-corrected chi connectivity index (χ4v) is 8.87. The second kappa shape index (κ2) is 11.8. The second-order valence-corrected chi connectivity index (χ2v) is 13.9. The van der Waals surface area contributed by atoms with Crippen LogP contribution in [-0.4, -0.2) is 13.7 Å². The van der Waals surface area contributed by atoms with Gasteiger partial charge < -0.3 is 13.7 Å². The van der Waals surface area contributed by atoms with Crippen LogP contribution in [0.15, 0.2) is 176 Å². The molecule has 254 valence electrons. The van der Waals surface area contributed by atoms with Gasteiger partial charge in [-0.25, -0.2) is 0 Å². The van der Waals surface area contributed by atoms with Gasteiger partial charge in [0.15, 0.2) is 0 Å². The first kappa shape index (κ1) is 30.7. The van der Waals surface area contributed by atoms with Gasteiger partial charge in [0, 0.05) is 49.3 Å². The Kier molecular flexibility index (Phi) is 6.61. The predicted molar refractivity (Wildman–Crippen MR) is 224 cm³/mol. The van der Waals surface area contributed by atoms with Crippen LogP contribution in [-0.2, 0) is 0 Å². The summed E-state index contributed by atoms with van der Waals surface area (Å²) in [4.78, 5) is 0. The Bertz CT molecular complexity index is 3420. The van der Waals surface area contributed by atoms with Gasteiger partial charge in [0.1, 0.15) is 0 Å². The normalized spacial score (nSPS) is 11.6. The minimum atomic E-state index is 0.591. The highest BCUT2D eigenvalue weighted by molar-refractivity contribution is 6.13. The van der Waals surface area contributed by atoms with Crippen molar-refractivity contribution in [2.45, 2.75) is 0 Å². The molecule has 5 heteroatoms. The highest BCUT2D eigenvalue weighted by Gasteiger charge is 2.21. The fraction of sp³-hybridized carbons (Fsp3) is 0. The van der Waals surface area contributed by atoms with Gasteiger partial charge in [0.2, 0.25) is 0 Å². The van der Waals surface area contributed by atoms with Crippen molar-refractivity contribution in [1.82, 2.24) is 13.7 Å².